The smallest absolute Gasteiger partial charge is 0.410 e. The second kappa shape index (κ2) is 28.8. The molecule has 0 unspecified atom stereocenters. The van der Waals surface area contributed by atoms with Crippen molar-refractivity contribution in [2.24, 2.45) is 9.98 Å². The number of aliphatic imine (C=N–C) groups is 2. The summed E-state index contributed by atoms with van der Waals surface area (Å²) in [5.74, 6) is 2.03. The minimum absolute atomic E-state index is 0.312. The van der Waals surface area contributed by atoms with Gasteiger partial charge in [-0.1, -0.05) is 121 Å². The molecule has 10 aromatic carbocycles. The Labute approximate surface area is 500 Å². The fourth-order valence-electron chi connectivity index (χ4n) is 9.05. The lowest BCUT2D eigenvalue weighted by atomic mass is 10.0. The molecule has 0 spiro atoms. The first-order valence-corrected chi connectivity index (χ1v) is 27.3. The second-order valence-electron chi connectivity index (χ2n) is 19.8. The van der Waals surface area contributed by atoms with Gasteiger partial charge in [-0.15, -0.1) is 0 Å². The number of amides is 2. The maximum atomic E-state index is 12.7. The van der Waals surface area contributed by atoms with Crippen LogP contribution in [-0.2, 0) is 41.7 Å². The molecule has 0 aliphatic rings. The lowest BCUT2D eigenvalue weighted by Gasteiger charge is -2.09. The van der Waals surface area contributed by atoms with E-state index in [2.05, 4.69) is 20.6 Å². The van der Waals surface area contributed by atoms with Crippen molar-refractivity contribution < 1.29 is 57.2 Å². The summed E-state index contributed by atoms with van der Waals surface area (Å²) in [4.78, 5) is 78.8. The zero-order chi connectivity index (χ0) is 60.2. The van der Waals surface area contributed by atoms with E-state index in [0.717, 1.165) is 55.6 Å². The minimum atomic E-state index is -0.883. The molecule has 0 saturated carbocycles. The van der Waals surface area contributed by atoms with E-state index >= 15 is 0 Å². The molecule has 0 saturated heterocycles. The molecule has 10 aromatic rings. The Morgan fingerprint density at radius 1 is 0.264 bits per heavy atom. The molecule has 10 rings (SSSR count). The van der Waals surface area contributed by atoms with Crippen molar-refractivity contribution in [3.8, 4) is 34.5 Å². The van der Waals surface area contributed by atoms with Gasteiger partial charge in [0, 0.05) is 11.4 Å². The van der Waals surface area contributed by atoms with Gasteiger partial charge >= 0.3 is 24.5 Å². The van der Waals surface area contributed by atoms with Crippen molar-refractivity contribution in [3.63, 3.8) is 0 Å². The molecule has 0 atom stereocenters. The van der Waals surface area contributed by atoms with Gasteiger partial charge in [-0.3, -0.25) is 10.6 Å². The van der Waals surface area contributed by atoms with E-state index in [9.17, 15) is 28.8 Å². The predicted molar refractivity (Wildman–Crippen MR) is 327 cm³/mol. The van der Waals surface area contributed by atoms with Crippen molar-refractivity contribution in [3.05, 3.63) is 298 Å². The van der Waals surface area contributed by atoms with Crippen LogP contribution < -0.4 is 39.1 Å². The fourth-order valence-corrected chi connectivity index (χ4v) is 9.05. The van der Waals surface area contributed by atoms with E-state index < -0.39 is 24.5 Å². The standard InChI is InChI=1S/C71H52N4O12/c76-46-72-58-21-1-48(2-22-58)41-50-5-25-60(26-6-50)74-68(78)82-62-29-9-52(10-30-62)43-54-13-33-64(34-14-54)84-70(80)86-66-37-17-56(18-38-66)45-57-19-39-67(40-20-57)87-71(81)85-65-35-15-55(16-36-65)44-53-11-31-63(32-12-53)83-69(79)75-61-27-7-51(8-28-61)42-49-3-23-59(24-4-49)73-47-77/h1-40H,41-45H2,(H,74,78)(H,75,79). The largest absolute Gasteiger partial charge is 0.519 e. The highest BCUT2D eigenvalue weighted by atomic mass is 16.7. The Balaban J connectivity index is 0.594. The van der Waals surface area contributed by atoms with Crippen LogP contribution in [0.4, 0.5) is 41.9 Å². The Bertz CT molecular complexity index is 3800. The first-order chi connectivity index (χ1) is 42.5. The van der Waals surface area contributed by atoms with Gasteiger partial charge in [0.25, 0.3) is 0 Å². The lowest BCUT2D eigenvalue weighted by molar-refractivity contribution is 0.150. The van der Waals surface area contributed by atoms with E-state index in [0.29, 0.717) is 89.4 Å². The van der Waals surface area contributed by atoms with Gasteiger partial charge in [0.1, 0.15) is 34.5 Å². The third kappa shape index (κ3) is 18.0. The average Bonchev–Trinajstić information content (AvgIpc) is 3.67. The van der Waals surface area contributed by atoms with Gasteiger partial charge in [0.15, 0.2) is 0 Å². The number of ether oxygens (including phenoxy) is 6. The average molecular weight is 1150 g/mol. The summed E-state index contributed by atoms with van der Waals surface area (Å²) in [6.07, 6.45) is 3.15. The van der Waals surface area contributed by atoms with Crippen LogP contribution in [0.3, 0.4) is 0 Å². The monoisotopic (exact) mass is 1150 g/mol. The summed E-state index contributed by atoms with van der Waals surface area (Å²) in [6, 6.07) is 72.1. The number of isocyanates is 2. The van der Waals surface area contributed by atoms with Crippen LogP contribution in [0.5, 0.6) is 34.5 Å². The maximum Gasteiger partial charge on any atom is 0.519 e. The lowest BCUT2D eigenvalue weighted by Crippen LogP contribution is -2.16. The van der Waals surface area contributed by atoms with E-state index in [1.807, 2.05) is 121 Å². The molecule has 87 heavy (non-hydrogen) atoms. The Morgan fingerprint density at radius 2 is 0.448 bits per heavy atom. The molecule has 0 bridgehead atoms. The molecular formula is C71H52N4O12. The van der Waals surface area contributed by atoms with Gasteiger partial charge in [0.05, 0.1) is 11.4 Å². The Morgan fingerprint density at radius 3 is 0.655 bits per heavy atom. The highest BCUT2D eigenvalue weighted by molar-refractivity contribution is 5.87. The van der Waals surface area contributed by atoms with Crippen LogP contribution in [-0.4, -0.2) is 36.7 Å². The maximum absolute atomic E-state index is 12.7. The van der Waals surface area contributed by atoms with Crippen molar-refractivity contribution in [1.82, 2.24) is 0 Å². The van der Waals surface area contributed by atoms with Gasteiger partial charge < -0.3 is 28.4 Å². The molecule has 0 aliphatic carbocycles. The Kier molecular flexibility index (Phi) is 19.3. The topological polar surface area (TPSA) is 207 Å². The van der Waals surface area contributed by atoms with Gasteiger partial charge in [-0.05, 0) is 209 Å². The summed E-state index contributed by atoms with van der Waals surface area (Å²) in [6.45, 7) is 0. The van der Waals surface area contributed by atoms with Crippen LogP contribution in [0.2, 0.25) is 0 Å². The number of nitrogens with zero attached hydrogens (tertiary/aromatic N) is 2. The Hall–Kier alpha value is -12.0. The molecule has 0 aliphatic heterocycles. The number of anilines is 2. The minimum Gasteiger partial charge on any atom is -0.410 e. The van der Waals surface area contributed by atoms with E-state index in [-0.39, 0.29) is 0 Å². The first kappa shape index (κ1) is 58.2. The predicted octanol–water partition coefficient (Wildman–Crippen LogP) is 16.0. The van der Waals surface area contributed by atoms with E-state index in [4.69, 9.17) is 28.4 Å². The van der Waals surface area contributed by atoms with E-state index in [1.165, 1.54) is 12.2 Å². The molecule has 2 N–H and O–H groups in total. The number of rotatable bonds is 20. The summed E-state index contributed by atoms with van der Waals surface area (Å²) < 4.78 is 32.7. The fraction of sp³-hybridized carbons (Fsp3) is 0.0704. The van der Waals surface area contributed by atoms with E-state index in [1.54, 1.807) is 121 Å². The van der Waals surface area contributed by atoms with Crippen LogP contribution in [0.15, 0.2) is 253 Å². The molecule has 428 valence electrons. The SMILES string of the molecule is O=C=Nc1ccc(Cc2ccc(NC(=O)Oc3ccc(Cc4ccc(OC(=O)Oc5ccc(Cc6ccc(OC(=O)Oc7ccc(Cc8ccc(OC(=O)Nc9ccc(Cc%10ccc(N=C=O)cc%10)cc9)cc8)cc7)cc6)cc5)cc4)cc3)cc2)cc1. The zero-order valence-electron chi connectivity index (χ0n) is 46.4. The van der Waals surface area contributed by atoms with Crippen LogP contribution >= 0.6 is 0 Å². The van der Waals surface area contributed by atoms with Gasteiger partial charge in [-0.25, -0.2) is 28.8 Å². The summed E-state index contributed by atoms with van der Waals surface area (Å²) >= 11 is 0. The van der Waals surface area contributed by atoms with Gasteiger partial charge in [-0.2, -0.15) is 9.98 Å². The van der Waals surface area contributed by atoms with Crippen molar-refractivity contribution >= 4 is 59.4 Å². The number of nitrogens with one attached hydrogen (secondary N) is 2. The third-order valence-electron chi connectivity index (χ3n) is 13.4. The molecule has 0 radical (unpaired) electrons. The number of benzene rings is 10. The first-order valence-electron chi connectivity index (χ1n) is 27.3. The van der Waals surface area contributed by atoms with Crippen LogP contribution in [0, 0.1) is 0 Å². The second-order valence-corrected chi connectivity index (χ2v) is 19.8. The third-order valence-corrected chi connectivity index (χ3v) is 13.4. The number of carbonyl (C=O) groups excluding carboxylic acids is 6. The van der Waals surface area contributed by atoms with Crippen LogP contribution in [0.1, 0.15) is 55.6 Å². The number of hydrogen-bond acceptors (Lipinski definition) is 14. The molecular weight excluding hydrogens is 1100 g/mol. The van der Waals surface area contributed by atoms with Crippen molar-refractivity contribution in [2.75, 3.05) is 10.6 Å². The molecule has 0 heterocycles. The quantitative estimate of drug-likeness (QED) is 0.0316. The van der Waals surface area contributed by atoms with Crippen molar-refractivity contribution in [2.45, 2.75) is 32.1 Å². The van der Waals surface area contributed by atoms with Gasteiger partial charge in [0.2, 0.25) is 12.2 Å². The summed E-state index contributed by atoms with van der Waals surface area (Å²) in [7, 11) is 0. The molecule has 16 nitrogen and oxygen atoms in total. The van der Waals surface area contributed by atoms with Crippen LogP contribution in [0.25, 0.3) is 0 Å². The molecule has 0 aromatic heterocycles. The molecule has 2 amide bonds. The zero-order valence-corrected chi connectivity index (χ0v) is 46.4. The number of carbonyl (C=O) groups is 4. The summed E-state index contributed by atoms with van der Waals surface area (Å²) in [5.41, 5.74) is 12.3. The highest BCUT2D eigenvalue weighted by Gasteiger charge is 2.13. The highest BCUT2D eigenvalue weighted by Crippen LogP contribution is 2.25. The summed E-state index contributed by atoms with van der Waals surface area (Å²) in [5, 5.41) is 5.49. The number of hydrogen-bond donors (Lipinski definition) is 2. The molecule has 16 heteroatoms. The van der Waals surface area contributed by atoms with Crippen molar-refractivity contribution in [1.29, 1.82) is 0 Å². The molecule has 0 fully saturated rings. The normalized spacial score (nSPS) is 10.5.